The van der Waals surface area contributed by atoms with E-state index in [0.29, 0.717) is 16.8 Å². The van der Waals surface area contributed by atoms with Crippen LogP contribution in [-0.4, -0.2) is 49.5 Å². The van der Waals surface area contributed by atoms with Crippen LogP contribution in [0.15, 0.2) is 30.3 Å². The second-order valence-electron chi connectivity index (χ2n) is 5.38. The van der Waals surface area contributed by atoms with E-state index in [-0.39, 0.29) is 0 Å². The summed E-state index contributed by atoms with van der Waals surface area (Å²) in [5.74, 6) is 0. The summed E-state index contributed by atoms with van der Waals surface area (Å²) < 4.78 is 0. The van der Waals surface area contributed by atoms with E-state index in [4.69, 9.17) is 24.4 Å². The summed E-state index contributed by atoms with van der Waals surface area (Å²) in [5.41, 5.74) is 4.23. The van der Waals surface area contributed by atoms with Gasteiger partial charge in [-0.3, -0.25) is 10.4 Å². The molecule has 122 valence electrons. The van der Waals surface area contributed by atoms with E-state index in [1.165, 1.54) is 10.5 Å². The predicted octanol–water partition coefficient (Wildman–Crippen LogP) is -0.0934. The van der Waals surface area contributed by atoms with Crippen LogP contribution >= 0.6 is 24.4 Å². The summed E-state index contributed by atoms with van der Waals surface area (Å²) in [4.78, 5) is 1.43. The van der Waals surface area contributed by atoms with Gasteiger partial charge in [-0.15, -0.1) is 0 Å². The number of benzene rings is 1. The lowest BCUT2D eigenvalue weighted by molar-refractivity contribution is -0.858. The Kier molecular flexibility index (Phi) is 8.72. The molecule has 1 aromatic carbocycles. The minimum absolute atomic E-state index is 0.583. The summed E-state index contributed by atoms with van der Waals surface area (Å²) in [5, 5.41) is 9.26. The van der Waals surface area contributed by atoms with Gasteiger partial charge in [-0.2, -0.15) is 0 Å². The van der Waals surface area contributed by atoms with Gasteiger partial charge in [0.05, 0.1) is 20.6 Å². The van der Waals surface area contributed by atoms with Crippen LogP contribution in [0.5, 0.6) is 0 Å². The number of rotatable bonds is 6. The Morgan fingerprint density at radius 2 is 1.82 bits per heavy atom. The lowest BCUT2D eigenvalue weighted by Crippen LogP contribution is -3.05. The minimum Gasteiger partial charge on any atom is -0.361 e. The molecule has 4 N–H and O–H groups in total. The van der Waals surface area contributed by atoms with Gasteiger partial charge in [0.25, 0.3) is 0 Å². The molecular weight excluding hydrogens is 314 g/mol. The van der Waals surface area contributed by atoms with Gasteiger partial charge < -0.3 is 15.5 Å². The molecule has 0 radical (unpaired) electrons. The molecule has 0 saturated heterocycles. The molecule has 0 aliphatic heterocycles. The maximum Gasteiger partial charge on any atom is 0.187 e. The highest BCUT2D eigenvalue weighted by Crippen LogP contribution is 1.97. The highest BCUT2D eigenvalue weighted by atomic mass is 32.1. The number of hydrogen-bond acceptors (Lipinski definition) is 2. The number of quaternary nitrogens is 1. The molecule has 0 aromatic heterocycles. The summed E-state index contributed by atoms with van der Waals surface area (Å²) in [6.07, 6.45) is 1.07. The van der Waals surface area contributed by atoms with Crippen LogP contribution in [-0.2, 0) is 6.54 Å². The fourth-order valence-corrected chi connectivity index (χ4v) is 2.14. The minimum atomic E-state index is 0.583. The van der Waals surface area contributed by atoms with Crippen molar-refractivity contribution in [2.24, 2.45) is 0 Å². The van der Waals surface area contributed by atoms with Crippen molar-refractivity contribution in [2.75, 3.05) is 34.2 Å². The average Bonchev–Trinajstić information content (AvgIpc) is 2.50. The summed E-state index contributed by atoms with van der Waals surface area (Å²) in [7, 11) is 6.13. The Hall–Kier alpha value is -1.44. The van der Waals surface area contributed by atoms with Crippen LogP contribution in [0.2, 0.25) is 0 Å². The fourth-order valence-electron chi connectivity index (χ4n) is 1.78. The Labute approximate surface area is 144 Å². The van der Waals surface area contributed by atoms with Crippen LogP contribution in [0.25, 0.3) is 0 Å². The zero-order chi connectivity index (χ0) is 16.4. The molecule has 7 heteroatoms. The third kappa shape index (κ3) is 8.11. The van der Waals surface area contributed by atoms with Crippen LogP contribution in [0, 0.1) is 0 Å². The van der Waals surface area contributed by atoms with Crippen molar-refractivity contribution in [2.45, 2.75) is 13.0 Å². The predicted molar refractivity (Wildman–Crippen MR) is 99.7 cm³/mol. The smallest absolute Gasteiger partial charge is 0.187 e. The van der Waals surface area contributed by atoms with Gasteiger partial charge in [0.1, 0.15) is 0 Å². The van der Waals surface area contributed by atoms with E-state index in [2.05, 4.69) is 42.3 Å². The third-order valence-corrected chi connectivity index (χ3v) is 3.65. The molecule has 5 nitrogen and oxygen atoms in total. The summed E-state index contributed by atoms with van der Waals surface area (Å²) in [6, 6.07) is 10.1. The van der Waals surface area contributed by atoms with Gasteiger partial charge in [-0.25, -0.2) is 0 Å². The van der Waals surface area contributed by atoms with Gasteiger partial charge in [0.2, 0.25) is 0 Å². The van der Waals surface area contributed by atoms with Crippen LogP contribution < -0.4 is 21.0 Å². The van der Waals surface area contributed by atoms with Gasteiger partial charge in [-0.1, -0.05) is 30.3 Å². The van der Waals surface area contributed by atoms with Gasteiger partial charge in [0, 0.05) is 26.6 Å². The van der Waals surface area contributed by atoms with Crippen molar-refractivity contribution < 1.29 is 4.90 Å². The highest BCUT2D eigenvalue weighted by Gasteiger charge is 2.05. The summed E-state index contributed by atoms with van der Waals surface area (Å²) in [6.45, 7) is 2.66. The largest absolute Gasteiger partial charge is 0.361 e. The van der Waals surface area contributed by atoms with Crippen molar-refractivity contribution in [3.8, 4) is 0 Å². The second-order valence-corrected chi connectivity index (χ2v) is 6.18. The van der Waals surface area contributed by atoms with Crippen LogP contribution in [0.1, 0.15) is 12.0 Å². The number of nitrogens with zero attached hydrogens (tertiary/aromatic N) is 1. The normalized spacial score (nSPS) is 10.2. The Bertz CT molecular complexity index is 464. The molecule has 0 amide bonds. The number of hydrogen-bond donors (Lipinski definition) is 4. The van der Waals surface area contributed by atoms with Gasteiger partial charge in [0.15, 0.2) is 10.2 Å². The first-order valence-corrected chi connectivity index (χ1v) is 8.19. The molecule has 0 unspecified atom stereocenters. The Morgan fingerprint density at radius 1 is 1.14 bits per heavy atom. The van der Waals surface area contributed by atoms with Crippen LogP contribution in [0.4, 0.5) is 0 Å². The number of nitrogens with one attached hydrogen (secondary N) is 4. The molecule has 0 saturated carbocycles. The molecule has 0 heterocycles. The van der Waals surface area contributed by atoms with Crippen molar-refractivity contribution >= 4 is 34.7 Å². The first-order valence-electron chi connectivity index (χ1n) is 7.38. The Balaban J connectivity index is 2.21. The van der Waals surface area contributed by atoms with E-state index in [1.807, 2.05) is 25.2 Å². The SMILES string of the molecule is CN(NC(=S)NCCC[NH+](C)C)C(=S)NCc1ccccc1. The van der Waals surface area contributed by atoms with E-state index >= 15 is 0 Å². The monoisotopic (exact) mass is 340 g/mol. The zero-order valence-corrected chi connectivity index (χ0v) is 15.1. The molecule has 0 spiro atoms. The molecular formula is C15H26N5S2+. The van der Waals surface area contributed by atoms with E-state index in [0.717, 1.165) is 19.5 Å². The average molecular weight is 341 g/mol. The quantitative estimate of drug-likeness (QED) is 0.330. The van der Waals surface area contributed by atoms with Crippen molar-refractivity contribution in [1.82, 2.24) is 21.1 Å². The highest BCUT2D eigenvalue weighted by molar-refractivity contribution is 7.80. The van der Waals surface area contributed by atoms with Gasteiger partial charge >= 0.3 is 0 Å². The maximum absolute atomic E-state index is 5.33. The lowest BCUT2D eigenvalue weighted by Gasteiger charge is -2.23. The van der Waals surface area contributed by atoms with Crippen LogP contribution in [0.3, 0.4) is 0 Å². The number of hydrazine groups is 1. The molecule has 1 rings (SSSR count). The zero-order valence-electron chi connectivity index (χ0n) is 13.5. The molecule has 0 aliphatic carbocycles. The lowest BCUT2D eigenvalue weighted by atomic mass is 10.2. The van der Waals surface area contributed by atoms with Gasteiger partial charge in [-0.05, 0) is 30.0 Å². The van der Waals surface area contributed by atoms with Crippen molar-refractivity contribution in [3.63, 3.8) is 0 Å². The standard InChI is InChI=1S/C15H25N5S2/c1-19(2)11-7-10-16-14(21)18-20(3)15(22)17-12-13-8-5-4-6-9-13/h4-6,8-9H,7,10-12H2,1-3H3,(H,17,22)(H2,16,18,21)/p+1. The number of thiocarbonyl (C=S) groups is 2. The fraction of sp³-hybridized carbons (Fsp3) is 0.467. The van der Waals surface area contributed by atoms with Crippen molar-refractivity contribution in [1.29, 1.82) is 0 Å². The molecule has 0 atom stereocenters. The third-order valence-electron chi connectivity index (χ3n) is 3.00. The molecule has 0 fully saturated rings. The topological polar surface area (TPSA) is 43.8 Å². The second kappa shape index (κ2) is 10.3. The first kappa shape index (κ1) is 18.6. The summed E-state index contributed by atoms with van der Waals surface area (Å²) >= 11 is 10.6. The molecule has 0 bridgehead atoms. The molecule has 0 aliphatic rings. The van der Waals surface area contributed by atoms with E-state index < -0.39 is 0 Å². The van der Waals surface area contributed by atoms with E-state index in [1.54, 1.807) is 5.01 Å². The Morgan fingerprint density at radius 3 is 2.45 bits per heavy atom. The maximum atomic E-state index is 5.33. The van der Waals surface area contributed by atoms with Crippen molar-refractivity contribution in [3.05, 3.63) is 35.9 Å². The molecule has 22 heavy (non-hydrogen) atoms. The molecule has 1 aromatic rings. The first-order chi connectivity index (χ1) is 10.5. The van der Waals surface area contributed by atoms with E-state index in [9.17, 15) is 0 Å².